The second-order valence-electron chi connectivity index (χ2n) is 4.96. The highest BCUT2D eigenvalue weighted by atomic mass is 35.6. The highest BCUT2D eigenvalue weighted by Gasteiger charge is 2.41. The minimum atomic E-state index is -2.45. The van der Waals surface area contributed by atoms with Gasteiger partial charge in [-0.25, -0.2) is 0 Å². The van der Waals surface area contributed by atoms with E-state index in [-0.39, 0.29) is 5.97 Å². The molecule has 0 atom stereocenters. The van der Waals surface area contributed by atoms with Gasteiger partial charge in [-0.05, 0) is 39.3 Å². The van der Waals surface area contributed by atoms with Gasteiger partial charge in [-0.3, -0.25) is 4.79 Å². The van der Waals surface area contributed by atoms with E-state index in [0.717, 1.165) is 0 Å². The highest BCUT2D eigenvalue weighted by Crippen LogP contribution is 2.22. The van der Waals surface area contributed by atoms with E-state index in [0.29, 0.717) is 0 Å². The molecule has 0 amide bonds. The molecule has 0 rings (SSSR count). The molecule has 0 spiro atoms. The van der Waals surface area contributed by atoms with Crippen LogP contribution < -0.4 is 0 Å². The predicted molar refractivity (Wildman–Crippen MR) is 72.2 cm³/mol. The molecule has 0 saturated heterocycles. The van der Waals surface area contributed by atoms with Crippen LogP contribution in [0.5, 0.6) is 0 Å². The van der Waals surface area contributed by atoms with Crippen LogP contribution in [-0.2, 0) is 17.5 Å². The standard InChI is InChI=1S/C8H21ClO4Si3/c1-8(10)11-15(4,5)13-16(6,7)12-14(2,3)9/h1-7H3. The summed E-state index contributed by atoms with van der Waals surface area (Å²) in [5, 5.41) is 0. The van der Waals surface area contributed by atoms with Gasteiger partial charge in [-0.2, -0.15) is 0 Å². The van der Waals surface area contributed by atoms with Crippen molar-refractivity contribution in [3.8, 4) is 0 Å². The molecule has 96 valence electrons. The normalized spacial score (nSPS) is 13.8. The Morgan fingerprint density at radius 1 is 0.938 bits per heavy atom. The molecule has 0 saturated carbocycles. The fourth-order valence-corrected chi connectivity index (χ4v) is 14.0. The van der Waals surface area contributed by atoms with E-state index in [2.05, 4.69) is 0 Å². The molecule has 0 radical (unpaired) electrons. The molecule has 0 aliphatic carbocycles. The lowest BCUT2D eigenvalue weighted by atomic mass is 10.9. The van der Waals surface area contributed by atoms with Gasteiger partial charge >= 0.3 is 17.1 Å². The van der Waals surface area contributed by atoms with Crippen LogP contribution >= 0.6 is 11.1 Å². The zero-order valence-corrected chi connectivity index (χ0v) is 14.8. The summed E-state index contributed by atoms with van der Waals surface area (Å²) < 4.78 is 16.9. The van der Waals surface area contributed by atoms with Gasteiger partial charge in [0.2, 0.25) is 0 Å². The second-order valence-corrected chi connectivity index (χ2v) is 17.9. The van der Waals surface area contributed by atoms with Crippen LogP contribution in [0.2, 0.25) is 39.3 Å². The van der Waals surface area contributed by atoms with Crippen LogP contribution in [0.1, 0.15) is 6.92 Å². The van der Waals surface area contributed by atoms with Crippen LogP contribution in [0.25, 0.3) is 0 Å². The first kappa shape index (κ1) is 16.3. The number of hydrogen-bond donors (Lipinski definition) is 0. The number of carbonyl (C=O) groups is 1. The topological polar surface area (TPSA) is 44.8 Å². The largest absolute Gasteiger partial charge is 0.495 e. The molecule has 0 heterocycles. The third-order valence-electron chi connectivity index (χ3n) is 1.37. The summed E-state index contributed by atoms with van der Waals surface area (Å²) in [7, 11) is -6.92. The van der Waals surface area contributed by atoms with Crippen molar-refractivity contribution in [1.82, 2.24) is 0 Å². The van der Waals surface area contributed by atoms with Crippen LogP contribution in [-0.4, -0.2) is 30.7 Å². The zero-order chi connectivity index (χ0) is 13.2. The number of rotatable bonds is 5. The third kappa shape index (κ3) is 8.48. The van der Waals surface area contributed by atoms with Gasteiger partial charge in [-0.1, -0.05) is 0 Å². The molecule has 0 aliphatic rings. The lowest BCUT2D eigenvalue weighted by molar-refractivity contribution is -0.133. The van der Waals surface area contributed by atoms with Crippen molar-refractivity contribution in [2.45, 2.75) is 46.2 Å². The lowest BCUT2D eigenvalue weighted by Gasteiger charge is -2.35. The maximum Gasteiger partial charge on any atom is 0.386 e. The van der Waals surface area contributed by atoms with Crippen molar-refractivity contribution in [3.63, 3.8) is 0 Å². The van der Waals surface area contributed by atoms with Crippen molar-refractivity contribution >= 4 is 41.8 Å². The van der Waals surface area contributed by atoms with E-state index >= 15 is 0 Å². The number of carbonyl (C=O) groups excluding carboxylic acids is 1. The van der Waals surface area contributed by atoms with Crippen LogP contribution in [0, 0.1) is 0 Å². The Balaban J connectivity index is 4.51. The van der Waals surface area contributed by atoms with E-state index in [1.165, 1.54) is 6.92 Å². The maximum atomic E-state index is 10.9. The molecule has 0 aromatic rings. The summed E-state index contributed by atoms with van der Waals surface area (Å²) in [6.07, 6.45) is 0. The predicted octanol–water partition coefficient (Wildman–Crippen LogP) is 2.93. The zero-order valence-electron chi connectivity index (χ0n) is 11.0. The first-order valence-corrected chi connectivity index (χ1v) is 14.7. The van der Waals surface area contributed by atoms with Crippen molar-refractivity contribution < 1.29 is 17.5 Å². The van der Waals surface area contributed by atoms with Crippen molar-refractivity contribution in [1.29, 1.82) is 0 Å². The molecule has 4 nitrogen and oxygen atoms in total. The summed E-state index contributed by atoms with van der Waals surface area (Å²) in [5.41, 5.74) is 0. The Morgan fingerprint density at radius 2 is 1.38 bits per heavy atom. The molecular weight excluding hydrogens is 280 g/mol. The minimum absolute atomic E-state index is 0.316. The van der Waals surface area contributed by atoms with Gasteiger partial charge < -0.3 is 12.7 Å². The lowest BCUT2D eigenvalue weighted by Crippen LogP contribution is -2.52. The molecule has 0 aromatic carbocycles. The first-order valence-electron chi connectivity index (χ1n) is 5.12. The molecule has 0 aliphatic heterocycles. The molecule has 0 N–H and O–H groups in total. The number of halogens is 1. The molecule has 8 heteroatoms. The summed E-state index contributed by atoms with van der Waals surface area (Å²) >= 11 is 6.13. The van der Waals surface area contributed by atoms with Gasteiger partial charge in [0.05, 0.1) is 0 Å². The Hall–Kier alpha value is 0.331. The Morgan fingerprint density at radius 3 is 1.69 bits per heavy atom. The van der Waals surface area contributed by atoms with Crippen LogP contribution in [0.4, 0.5) is 0 Å². The van der Waals surface area contributed by atoms with Gasteiger partial charge in [-0.15, -0.1) is 11.1 Å². The monoisotopic (exact) mass is 300 g/mol. The van der Waals surface area contributed by atoms with Gasteiger partial charge in [0.15, 0.2) is 0 Å². The van der Waals surface area contributed by atoms with Gasteiger partial charge in [0, 0.05) is 6.92 Å². The molecular formula is C8H21ClO4Si3. The van der Waals surface area contributed by atoms with Gasteiger partial charge in [0.1, 0.15) is 0 Å². The minimum Gasteiger partial charge on any atom is -0.495 e. The van der Waals surface area contributed by atoms with Crippen molar-refractivity contribution in [3.05, 3.63) is 0 Å². The third-order valence-corrected chi connectivity index (χ3v) is 10.7. The van der Waals surface area contributed by atoms with E-state index in [9.17, 15) is 4.79 Å². The van der Waals surface area contributed by atoms with Crippen LogP contribution in [0.3, 0.4) is 0 Å². The quantitative estimate of drug-likeness (QED) is 0.578. The van der Waals surface area contributed by atoms with E-state index in [1.54, 1.807) is 0 Å². The molecule has 0 bridgehead atoms. The molecule has 0 fully saturated rings. The fraction of sp³-hybridized carbons (Fsp3) is 0.875. The fourth-order valence-electron chi connectivity index (χ4n) is 1.56. The SMILES string of the molecule is CC(=O)O[Si](C)(C)O[Si](C)(C)O[Si](C)(C)Cl. The summed E-state index contributed by atoms with van der Waals surface area (Å²) in [4.78, 5) is 10.9. The highest BCUT2D eigenvalue weighted by molar-refractivity contribution is 7.17. The Bertz CT molecular complexity index is 262. The summed E-state index contributed by atoms with van der Waals surface area (Å²) in [6, 6.07) is 0. The Labute approximate surface area is 106 Å². The van der Waals surface area contributed by atoms with E-state index in [1.807, 2.05) is 39.3 Å². The summed E-state index contributed by atoms with van der Waals surface area (Å²) in [6.45, 7) is 12.7. The smallest absolute Gasteiger partial charge is 0.386 e. The van der Waals surface area contributed by atoms with E-state index in [4.69, 9.17) is 23.7 Å². The maximum absolute atomic E-state index is 10.9. The van der Waals surface area contributed by atoms with Crippen molar-refractivity contribution in [2.24, 2.45) is 0 Å². The number of hydrogen-bond acceptors (Lipinski definition) is 4. The summed E-state index contributed by atoms with van der Waals surface area (Å²) in [5.74, 6) is -0.316. The molecule has 0 unspecified atom stereocenters. The first-order chi connectivity index (χ1) is 6.83. The van der Waals surface area contributed by atoms with Crippen molar-refractivity contribution in [2.75, 3.05) is 0 Å². The van der Waals surface area contributed by atoms with Crippen LogP contribution in [0.15, 0.2) is 0 Å². The van der Waals surface area contributed by atoms with Gasteiger partial charge in [0.25, 0.3) is 13.6 Å². The molecule has 0 aromatic heterocycles. The molecule has 16 heavy (non-hydrogen) atoms. The average Bonchev–Trinajstić information content (AvgIpc) is 1.69. The average molecular weight is 301 g/mol. The van der Waals surface area contributed by atoms with E-state index < -0.39 is 24.7 Å². The Kier molecular flexibility index (Phi) is 5.43. The second kappa shape index (κ2) is 5.32.